The van der Waals surface area contributed by atoms with Gasteiger partial charge >= 0.3 is 6.61 Å². The zero-order chi connectivity index (χ0) is 24.5. The Bertz CT molecular complexity index is 1440. The Hall–Kier alpha value is -4.20. The van der Waals surface area contributed by atoms with Crippen LogP contribution in [0.5, 0.6) is 5.75 Å². The number of rotatable bonds is 7. The third-order valence-electron chi connectivity index (χ3n) is 5.08. The number of carbonyl (C=O) groups excluding carboxylic acids is 2. The van der Waals surface area contributed by atoms with Crippen LogP contribution in [0.2, 0.25) is 0 Å². The molecule has 14 heteroatoms. The summed E-state index contributed by atoms with van der Waals surface area (Å²) in [7, 11) is 0. The van der Waals surface area contributed by atoms with Gasteiger partial charge in [-0.05, 0) is 12.1 Å². The van der Waals surface area contributed by atoms with Gasteiger partial charge in [0.25, 0.3) is 5.91 Å². The number of anilines is 2. The summed E-state index contributed by atoms with van der Waals surface area (Å²) in [5, 5.41) is 14.3. The molecule has 180 valence electrons. The summed E-state index contributed by atoms with van der Waals surface area (Å²) < 4.78 is 33.9. The molecular weight excluding hydrogens is 482 g/mol. The van der Waals surface area contributed by atoms with Crippen molar-refractivity contribution in [3.63, 3.8) is 0 Å². The Morgan fingerprint density at radius 3 is 3.00 bits per heavy atom. The van der Waals surface area contributed by atoms with Crippen molar-refractivity contribution in [1.82, 2.24) is 24.4 Å². The molecule has 4 aromatic rings. The summed E-state index contributed by atoms with van der Waals surface area (Å²) in [5.74, 6) is -0.573. The number of hydrogen-bond donors (Lipinski definition) is 3. The number of aromatic nitrogens is 5. The molecule has 4 heterocycles. The van der Waals surface area contributed by atoms with E-state index in [9.17, 15) is 18.4 Å². The second-order valence-electron chi connectivity index (χ2n) is 7.45. The van der Waals surface area contributed by atoms with Crippen molar-refractivity contribution in [1.29, 1.82) is 0 Å². The van der Waals surface area contributed by atoms with E-state index in [1.807, 2.05) is 0 Å². The Labute approximate surface area is 200 Å². The maximum absolute atomic E-state index is 13.2. The van der Waals surface area contributed by atoms with Crippen molar-refractivity contribution in [2.45, 2.75) is 18.1 Å². The first-order chi connectivity index (χ1) is 16.9. The molecule has 0 saturated carbocycles. The molecule has 4 N–H and O–H groups in total. The Morgan fingerprint density at radius 1 is 1.34 bits per heavy atom. The summed E-state index contributed by atoms with van der Waals surface area (Å²) >= 11 is 1.54. The Morgan fingerprint density at radius 2 is 2.20 bits per heavy atom. The van der Waals surface area contributed by atoms with Gasteiger partial charge in [-0.3, -0.25) is 14.3 Å². The zero-order valence-corrected chi connectivity index (χ0v) is 18.8. The molecule has 11 nitrogen and oxygen atoms in total. The van der Waals surface area contributed by atoms with Gasteiger partial charge in [0.05, 0.1) is 17.6 Å². The van der Waals surface area contributed by atoms with Gasteiger partial charge in [-0.15, -0.1) is 11.8 Å². The van der Waals surface area contributed by atoms with E-state index in [1.54, 1.807) is 30.1 Å². The highest BCUT2D eigenvalue weighted by molar-refractivity contribution is 7.99. The van der Waals surface area contributed by atoms with Crippen LogP contribution >= 0.6 is 11.8 Å². The second-order valence-corrected chi connectivity index (χ2v) is 8.59. The van der Waals surface area contributed by atoms with Crippen LogP contribution in [0.4, 0.5) is 20.2 Å². The van der Waals surface area contributed by atoms with E-state index in [-0.39, 0.29) is 34.8 Å². The Balaban J connectivity index is 1.59. The second kappa shape index (κ2) is 9.21. The molecule has 0 unspecified atom stereocenters. The van der Waals surface area contributed by atoms with Gasteiger partial charge < -0.3 is 21.1 Å². The molecule has 0 fully saturated rings. The quantitative estimate of drug-likeness (QED) is 0.351. The molecular formula is C21H18F2N8O3S. The van der Waals surface area contributed by atoms with Gasteiger partial charge in [-0.2, -0.15) is 19.0 Å². The molecule has 1 aliphatic rings. The van der Waals surface area contributed by atoms with Gasteiger partial charge in [-0.25, -0.2) is 9.50 Å². The lowest BCUT2D eigenvalue weighted by Crippen LogP contribution is -2.19. The van der Waals surface area contributed by atoms with E-state index in [4.69, 9.17) is 10.5 Å². The maximum Gasteiger partial charge on any atom is 0.387 e. The standard InChI is InChI=1S/C21H18F2N8O3S/c22-21(23)34-15-7-13-16(35-5-3-25-13)6-11(15)18-14(9-30(29-18)10-17(24)32)28-20(33)12-8-27-31-4-1-2-26-19(12)31/h1-2,4,6-9,21,25H,3,5,10H2,(H2,24,32)(H,28,33). The minimum Gasteiger partial charge on any atom is -0.434 e. The van der Waals surface area contributed by atoms with Gasteiger partial charge in [0, 0.05) is 47.4 Å². The maximum atomic E-state index is 13.2. The topological polar surface area (TPSA) is 141 Å². The average molecular weight is 500 g/mol. The van der Waals surface area contributed by atoms with Crippen LogP contribution in [-0.4, -0.2) is 55.1 Å². The van der Waals surface area contributed by atoms with E-state index in [1.165, 1.54) is 33.9 Å². The lowest BCUT2D eigenvalue weighted by atomic mass is 10.1. The van der Waals surface area contributed by atoms with Gasteiger partial charge in [0.2, 0.25) is 5.91 Å². The van der Waals surface area contributed by atoms with Crippen LogP contribution in [0.25, 0.3) is 16.9 Å². The van der Waals surface area contributed by atoms with Crippen molar-refractivity contribution in [2.75, 3.05) is 22.9 Å². The highest BCUT2D eigenvalue weighted by Gasteiger charge is 2.24. The number of fused-ring (bicyclic) bond motifs is 2. The predicted molar refractivity (Wildman–Crippen MR) is 124 cm³/mol. The summed E-state index contributed by atoms with van der Waals surface area (Å²) in [6.07, 6.45) is 5.92. The first kappa shape index (κ1) is 22.6. The van der Waals surface area contributed by atoms with E-state index in [0.29, 0.717) is 17.9 Å². The van der Waals surface area contributed by atoms with E-state index >= 15 is 0 Å². The number of halogens is 2. The number of benzene rings is 1. The number of nitrogens with zero attached hydrogens (tertiary/aromatic N) is 5. The fourth-order valence-corrected chi connectivity index (χ4v) is 4.58. The summed E-state index contributed by atoms with van der Waals surface area (Å²) in [6, 6.07) is 4.80. The fraction of sp³-hybridized carbons (Fsp3) is 0.190. The third-order valence-corrected chi connectivity index (χ3v) is 6.14. The van der Waals surface area contributed by atoms with E-state index in [0.717, 1.165) is 10.6 Å². The molecule has 0 saturated heterocycles. The third kappa shape index (κ3) is 4.59. The SMILES string of the molecule is NC(=O)Cn1cc(NC(=O)c2cnn3cccnc23)c(-c2cc3c(cc2OC(F)F)NCCS3)n1. The number of thioether (sulfide) groups is 1. The molecule has 5 rings (SSSR count). The van der Waals surface area contributed by atoms with E-state index in [2.05, 4.69) is 25.8 Å². The van der Waals surface area contributed by atoms with Gasteiger partial charge in [0.15, 0.2) is 5.65 Å². The number of ether oxygens (including phenoxy) is 1. The molecule has 1 aliphatic heterocycles. The van der Waals surface area contributed by atoms with Crippen molar-refractivity contribution in [3.8, 4) is 17.0 Å². The minimum absolute atomic E-state index is 0.133. The van der Waals surface area contributed by atoms with Crippen molar-refractivity contribution >= 4 is 40.6 Å². The highest BCUT2D eigenvalue weighted by atomic mass is 32.2. The lowest BCUT2D eigenvalue weighted by molar-refractivity contribution is -0.118. The monoisotopic (exact) mass is 500 g/mol. The molecule has 0 radical (unpaired) electrons. The molecule has 1 aromatic carbocycles. The smallest absolute Gasteiger partial charge is 0.387 e. The molecule has 0 spiro atoms. The number of hydrogen-bond acceptors (Lipinski definition) is 8. The van der Waals surface area contributed by atoms with Crippen molar-refractivity contribution < 1.29 is 23.1 Å². The van der Waals surface area contributed by atoms with Crippen LogP contribution in [-0.2, 0) is 11.3 Å². The molecule has 0 atom stereocenters. The first-order valence-corrected chi connectivity index (χ1v) is 11.3. The number of alkyl halides is 2. The van der Waals surface area contributed by atoms with Crippen LogP contribution in [0, 0.1) is 0 Å². The number of nitrogens with two attached hydrogens (primary N) is 1. The van der Waals surface area contributed by atoms with Crippen LogP contribution in [0.15, 0.2) is 47.9 Å². The number of primary amides is 1. The number of amides is 2. The van der Waals surface area contributed by atoms with Gasteiger partial charge in [0.1, 0.15) is 23.6 Å². The first-order valence-electron chi connectivity index (χ1n) is 10.3. The van der Waals surface area contributed by atoms with Crippen LogP contribution in [0.3, 0.4) is 0 Å². The Kier molecular flexibility index (Phi) is 5.94. The lowest BCUT2D eigenvalue weighted by Gasteiger charge is -2.20. The normalized spacial score (nSPS) is 12.9. The molecule has 0 aliphatic carbocycles. The zero-order valence-electron chi connectivity index (χ0n) is 17.9. The number of carbonyl (C=O) groups is 2. The van der Waals surface area contributed by atoms with Crippen molar-refractivity contribution in [3.05, 3.63) is 48.5 Å². The summed E-state index contributed by atoms with van der Waals surface area (Å²) in [5.41, 5.74) is 7.00. The molecule has 2 amide bonds. The molecule has 35 heavy (non-hydrogen) atoms. The molecule has 0 bridgehead atoms. The average Bonchev–Trinajstić information content (AvgIpc) is 3.42. The molecule has 3 aromatic heterocycles. The summed E-state index contributed by atoms with van der Waals surface area (Å²) in [6.45, 7) is -2.69. The highest BCUT2D eigenvalue weighted by Crippen LogP contribution is 2.43. The minimum atomic E-state index is -3.08. The van der Waals surface area contributed by atoms with Crippen molar-refractivity contribution in [2.24, 2.45) is 5.73 Å². The fourth-order valence-electron chi connectivity index (χ4n) is 3.67. The van der Waals surface area contributed by atoms with E-state index < -0.39 is 18.4 Å². The summed E-state index contributed by atoms with van der Waals surface area (Å²) in [4.78, 5) is 29.6. The van der Waals surface area contributed by atoms with Crippen LogP contribution in [0.1, 0.15) is 10.4 Å². The van der Waals surface area contributed by atoms with Gasteiger partial charge in [-0.1, -0.05) is 0 Å². The van der Waals surface area contributed by atoms with Crippen LogP contribution < -0.4 is 21.1 Å². The number of nitrogens with one attached hydrogen (secondary N) is 2. The largest absolute Gasteiger partial charge is 0.434 e. The predicted octanol–water partition coefficient (Wildman–Crippen LogP) is 2.45.